The first-order valence-corrected chi connectivity index (χ1v) is 22.0. The number of aryl methyl sites for hydroxylation is 1. The van der Waals surface area contributed by atoms with Crippen LogP contribution in [-0.2, 0) is 39.1 Å². The first kappa shape index (κ1) is 41.0. The molecule has 1 fully saturated rings. The van der Waals surface area contributed by atoms with E-state index in [9.17, 15) is 22.8 Å². The highest BCUT2D eigenvalue weighted by Crippen LogP contribution is 2.33. The predicted octanol–water partition coefficient (Wildman–Crippen LogP) is 7.38. The smallest absolute Gasteiger partial charge is 0.306 e. The molecule has 3 aromatic heterocycles. The summed E-state index contributed by atoms with van der Waals surface area (Å²) in [5.41, 5.74) is 3.92. The Labute approximate surface area is 333 Å². The van der Waals surface area contributed by atoms with E-state index in [1.165, 1.54) is 30.6 Å². The van der Waals surface area contributed by atoms with Crippen LogP contribution in [0.2, 0.25) is 0 Å². The third-order valence-corrected chi connectivity index (χ3v) is 12.4. The number of rotatable bonds is 14. The largest absolute Gasteiger partial charge is 0.460 e. The molecule has 1 saturated carbocycles. The number of amides is 2. The fourth-order valence-corrected chi connectivity index (χ4v) is 9.19. The van der Waals surface area contributed by atoms with Crippen LogP contribution in [0.1, 0.15) is 121 Å². The van der Waals surface area contributed by atoms with E-state index in [-0.39, 0.29) is 36.2 Å². The summed E-state index contributed by atoms with van der Waals surface area (Å²) in [4.78, 5) is 51.7. The summed E-state index contributed by atoms with van der Waals surface area (Å²) < 4.78 is 36.2. The lowest BCUT2D eigenvalue weighted by atomic mass is 9.89. The van der Waals surface area contributed by atoms with Crippen LogP contribution in [0.15, 0.2) is 42.7 Å². The van der Waals surface area contributed by atoms with Crippen LogP contribution in [0, 0.1) is 19.8 Å². The van der Waals surface area contributed by atoms with Gasteiger partial charge in [0.25, 0.3) is 11.8 Å². The molecule has 56 heavy (non-hydrogen) atoms. The number of benzene rings is 1. The molecule has 2 aliphatic rings. The van der Waals surface area contributed by atoms with E-state index in [0.29, 0.717) is 65.9 Å². The van der Waals surface area contributed by atoms with Gasteiger partial charge in [-0.05, 0) is 102 Å². The summed E-state index contributed by atoms with van der Waals surface area (Å²) in [6, 6.07) is 9.35. The second-order valence-corrected chi connectivity index (χ2v) is 19.0. The van der Waals surface area contributed by atoms with E-state index in [1.807, 2.05) is 47.7 Å². The van der Waals surface area contributed by atoms with Gasteiger partial charge in [0.2, 0.25) is 10.0 Å². The average Bonchev–Trinajstić information content (AvgIpc) is 3.73. The Hall–Kier alpha value is -4.63. The van der Waals surface area contributed by atoms with Gasteiger partial charge in [-0.15, -0.1) is 11.3 Å². The number of carbonyl (C=O) groups is 3. The second-order valence-electron chi connectivity index (χ2n) is 15.9. The zero-order valence-corrected chi connectivity index (χ0v) is 34.7. The zero-order chi connectivity index (χ0) is 40.0. The van der Waals surface area contributed by atoms with Gasteiger partial charge in [-0.1, -0.05) is 37.8 Å². The third-order valence-electron chi connectivity index (χ3n) is 10.3. The van der Waals surface area contributed by atoms with Crippen LogP contribution in [-0.4, -0.2) is 63.8 Å². The molecular weight excluding hydrogens is 751 g/mol. The van der Waals surface area contributed by atoms with Crippen molar-refractivity contribution in [3.8, 4) is 11.1 Å². The standard InChI is InChI=1S/C41H53N7O6S2/c1-27-23-42-40(55-27)45-38(50)32-16-12-15-30-20-21-47(26-34(30)32)35-19-18-31(33-24-43-48(28(33)2)25-29-13-8-6-9-14-29)37(44-35)39(51)46-56(52,53)22-11-7-10-17-36(49)54-41(3,4)5/h12,15-16,18-19,23-24,29H,6-11,13-14,17,20-22,25-26H2,1-5H3,(H,46,51)(H,42,45,50). The topological polar surface area (TPSA) is 165 Å². The fourth-order valence-electron chi connectivity index (χ4n) is 7.46. The molecule has 4 aromatic rings. The molecule has 2 amide bonds. The molecule has 15 heteroatoms. The Kier molecular flexibility index (Phi) is 12.9. The number of fused-ring (bicyclic) bond motifs is 1. The SMILES string of the molecule is Cc1cnc(NC(=O)c2cccc3c2CN(c2ccc(-c4cnn(CC5CCCCC5)c4C)c(C(=O)NS(=O)(=O)CCCCCC(=O)OC(C)(C)C)n2)CC3)s1. The van der Waals surface area contributed by atoms with Gasteiger partial charge in [-0.2, -0.15) is 5.10 Å². The lowest BCUT2D eigenvalue weighted by Crippen LogP contribution is -2.35. The second kappa shape index (κ2) is 17.7. The Morgan fingerprint density at radius 2 is 1.75 bits per heavy atom. The minimum absolute atomic E-state index is 0.0210. The molecule has 0 spiro atoms. The first-order chi connectivity index (χ1) is 26.7. The Balaban J connectivity index is 1.23. The molecule has 13 nitrogen and oxygen atoms in total. The van der Waals surface area contributed by atoms with Gasteiger partial charge in [0, 0.05) is 59.5 Å². The van der Waals surface area contributed by atoms with Crippen molar-refractivity contribution in [2.24, 2.45) is 5.92 Å². The molecule has 0 bridgehead atoms. The van der Waals surface area contributed by atoms with Crippen LogP contribution in [0.3, 0.4) is 0 Å². The molecule has 1 aromatic carbocycles. The zero-order valence-electron chi connectivity index (χ0n) is 33.0. The van der Waals surface area contributed by atoms with Crippen LogP contribution < -0.4 is 14.9 Å². The van der Waals surface area contributed by atoms with Crippen LogP contribution >= 0.6 is 11.3 Å². The minimum atomic E-state index is -4.04. The average molecular weight is 804 g/mol. The van der Waals surface area contributed by atoms with E-state index >= 15 is 0 Å². The molecule has 2 N–H and O–H groups in total. The number of sulfonamides is 1. The van der Waals surface area contributed by atoms with Crippen LogP contribution in [0.4, 0.5) is 10.9 Å². The highest BCUT2D eigenvalue weighted by Gasteiger charge is 2.28. The van der Waals surface area contributed by atoms with Gasteiger partial charge in [0.1, 0.15) is 17.1 Å². The van der Waals surface area contributed by atoms with Gasteiger partial charge >= 0.3 is 5.97 Å². The Morgan fingerprint density at radius 3 is 2.48 bits per heavy atom. The van der Waals surface area contributed by atoms with E-state index < -0.39 is 21.5 Å². The van der Waals surface area contributed by atoms with Gasteiger partial charge in [0.05, 0.1) is 11.9 Å². The van der Waals surface area contributed by atoms with Gasteiger partial charge < -0.3 is 9.64 Å². The van der Waals surface area contributed by atoms with Crippen molar-refractivity contribution >= 4 is 50.1 Å². The van der Waals surface area contributed by atoms with Crippen molar-refractivity contribution in [1.82, 2.24) is 24.5 Å². The quantitative estimate of drug-likeness (QED) is 0.0971. The number of ether oxygens (including phenoxy) is 1. The number of nitrogens with one attached hydrogen (secondary N) is 2. The van der Waals surface area contributed by atoms with Gasteiger partial charge in [-0.25, -0.2) is 23.1 Å². The highest BCUT2D eigenvalue weighted by atomic mass is 32.2. The van der Waals surface area contributed by atoms with Gasteiger partial charge in [-0.3, -0.25) is 24.4 Å². The van der Waals surface area contributed by atoms with E-state index in [1.54, 1.807) is 39.2 Å². The number of anilines is 2. The molecule has 0 atom stereocenters. The molecular formula is C41H53N7O6S2. The van der Waals surface area contributed by atoms with Crippen molar-refractivity contribution in [1.29, 1.82) is 0 Å². The highest BCUT2D eigenvalue weighted by molar-refractivity contribution is 7.90. The molecule has 0 unspecified atom stereocenters. The molecule has 1 aliphatic heterocycles. The maximum absolute atomic E-state index is 14.0. The van der Waals surface area contributed by atoms with Crippen molar-refractivity contribution in [2.75, 3.05) is 22.5 Å². The van der Waals surface area contributed by atoms with Gasteiger partial charge in [0.15, 0.2) is 5.13 Å². The van der Waals surface area contributed by atoms with Crippen molar-refractivity contribution in [2.45, 2.75) is 118 Å². The predicted molar refractivity (Wildman–Crippen MR) is 218 cm³/mol. The summed E-state index contributed by atoms with van der Waals surface area (Å²) >= 11 is 1.41. The lowest BCUT2D eigenvalue weighted by Gasteiger charge is -2.31. The van der Waals surface area contributed by atoms with Crippen molar-refractivity contribution in [3.63, 3.8) is 0 Å². The van der Waals surface area contributed by atoms with E-state index in [4.69, 9.17) is 14.8 Å². The summed E-state index contributed by atoms with van der Waals surface area (Å²) in [5.74, 6) is -0.667. The molecule has 6 rings (SSSR count). The monoisotopic (exact) mass is 803 g/mol. The van der Waals surface area contributed by atoms with Crippen LogP contribution in [0.5, 0.6) is 0 Å². The van der Waals surface area contributed by atoms with E-state index in [0.717, 1.165) is 41.1 Å². The minimum Gasteiger partial charge on any atom is -0.460 e. The fraction of sp³-hybridized carbons (Fsp3) is 0.512. The lowest BCUT2D eigenvalue weighted by molar-refractivity contribution is -0.154. The molecule has 1 aliphatic carbocycles. The maximum Gasteiger partial charge on any atom is 0.306 e. The molecule has 0 saturated heterocycles. The summed E-state index contributed by atoms with van der Waals surface area (Å²) in [7, 11) is -4.04. The third kappa shape index (κ3) is 10.6. The first-order valence-electron chi connectivity index (χ1n) is 19.6. The normalized spacial score (nSPS) is 15.0. The van der Waals surface area contributed by atoms with Crippen molar-refractivity contribution < 1.29 is 27.5 Å². The van der Waals surface area contributed by atoms with E-state index in [2.05, 4.69) is 15.0 Å². The molecule has 0 radical (unpaired) electrons. The molecule has 4 heterocycles. The summed E-state index contributed by atoms with van der Waals surface area (Å²) in [5, 5.41) is 8.14. The number of esters is 1. The number of unbranched alkanes of at least 4 members (excludes halogenated alkanes) is 2. The number of nitrogens with zero attached hydrogens (tertiary/aromatic N) is 5. The van der Waals surface area contributed by atoms with Crippen molar-refractivity contribution in [3.05, 3.63) is 75.7 Å². The molecule has 300 valence electrons. The number of carbonyl (C=O) groups excluding carboxylic acids is 3. The summed E-state index contributed by atoms with van der Waals surface area (Å²) in [6.07, 6.45) is 11.5. The number of hydrogen-bond donors (Lipinski definition) is 2. The Morgan fingerprint density at radius 1 is 0.964 bits per heavy atom. The Bertz CT molecular complexity index is 2170. The number of pyridine rings is 1. The maximum atomic E-state index is 14.0. The summed E-state index contributed by atoms with van der Waals surface area (Å²) in [6.45, 7) is 11.0. The number of aromatic nitrogens is 4. The number of hydrogen-bond acceptors (Lipinski definition) is 11. The van der Waals surface area contributed by atoms with Crippen LogP contribution in [0.25, 0.3) is 11.1 Å². The number of thiazole rings is 1.